The van der Waals surface area contributed by atoms with Crippen molar-refractivity contribution in [1.29, 1.82) is 0 Å². The van der Waals surface area contributed by atoms with Gasteiger partial charge < -0.3 is 20.3 Å². The van der Waals surface area contributed by atoms with Crippen molar-refractivity contribution < 1.29 is 13.9 Å². The van der Waals surface area contributed by atoms with Gasteiger partial charge in [0.25, 0.3) is 0 Å². The third kappa shape index (κ3) is 5.55. The standard InChI is InChI=1S/C23H28BrFN4O2/c1-4-20(25)13-17-14-26-21(28-16(17)2)27-15-23(18-5-7-19(24)8-6-18)9-11-29(12-10-23)22(30)31-3/h4-8,13H,1,9-12,14-15H2,2-3H3,(H2,26,27,28)/b20-13+. The fourth-order valence-electron chi connectivity index (χ4n) is 3.93. The third-order valence-electron chi connectivity index (χ3n) is 5.91. The van der Waals surface area contributed by atoms with Gasteiger partial charge in [-0.25, -0.2) is 14.2 Å². The van der Waals surface area contributed by atoms with Gasteiger partial charge in [-0.15, -0.1) is 0 Å². The molecule has 2 N–H and O–H groups in total. The van der Waals surface area contributed by atoms with E-state index < -0.39 is 0 Å². The van der Waals surface area contributed by atoms with Gasteiger partial charge >= 0.3 is 6.09 Å². The molecule has 0 aliphatic carbocycles. The molecule has 1 amide bonds. The highest BCUT2D eigenvalue weighted by molar-refractivity contribution is 9.10. The zero-order valence-electron chi connectivity index (χ0n) is 17.9. The molecule has 166 valence electrons. The van der Waals surface area contributed by atoms with Crippen LogP contribution in [0.1, 0.15) is 25.3 Å². The van der Waals surface area contributed by atoms with Gasteiger partial charge in [-0.1, -0.05) is 34.6 Å². The minimum Gasteiger partial charge on any atom is -0.453 e. The summed E-state index contributed by atoms with van der Waals surface area (Å²) in [5.74, 6) is 0.287. The SMILES string of the molecule is C=C/C(F)=C\C1=C(C)NC(NCC2(c3ccc(Br)cc3)CCN(C(=O)OC)CC2)=NC1. The highest BCUT2D eigenvalue weighted by atomic mass is 79.9. The Balaban J connectivity index is 1.73. The second-order valence-electron chi connectivity index (χ2n) is 7.77. The zero-order chi connectivity index (χ0) is 22.4. The van der Waals surface area contributed by atoms with Crippen LogP contribution in [0, 0.1) is 0 Å². The van der Waals surface area contributed by atoms with E-state index in [1.165, 1.54) is 24.8 Å². The van der Waals surface area contributed by atoms with E-state index in [4.69, 9.17) is 4.74 Å². The number of ether oxygens (including phenoxy) is 1. The number of guanidine groups is 1. The molecule has 1 saturated heterocycles. The summed E-state index contributed by atoms with van der Waals surface area (Å²) in [5.41, 5.74) is 2.71. The van der Waals surface area contributed by atoms with Gasteiger partial charge in [0.2, 0.25) is 0 Å². The minimum absolute atomic E-state index is 0.151. The van der Waals surface area contributed by atoms with Crippen molar-refractivity contribution >= 4 is 28.0 Å². The summed E-state index contributed by atoms with van der Waals surface area (Å²) in [7, 11) is 1.41. The molecule has 0 aromatic heterocycles. The van der Waals surface area contributed by atoms with Gasteiger partial charge in [-0.3, -0.25) is 0 Å². The summed E-state index contributed by atoms with van der Waals surface area (Å²) < 4.78 is 19.4. The largest absolute Gasteiger partial charge is 0.453 e. The Bertz CT molecular complexity index is 916. The summed E-state index contributed by atoms with van der Waals surface area (Å²) in [6.45, 7) is 7.64. The summed E-state index contributed by atoms with van der Waals surface area (Å²) in [5, 5.41) is 6.68. The number of allylic oxidation sites excluding steroid dienone is 3. The summed E-state index contributed by atoms with van der Waals surface area (Å²) in [4.78, 5) is 18.2. The van der Waals surface area contributed by atoms with E-state index in [2.05, 4.69) is 50.3 Å². The fourth-order valence-corrected chi connectivity index (χ4v) is 4.19. The topological polar surface area (TPSA) is 66.0 Å². The molecule has 0 atom stereocenters. The molecular formula is C23H28BrFN4O2. The first-order valence-corrected chi connectivity index (χ1v) is 11.0. The van der Waals surface area contributed by atoms with Gasteiger partial charge in [0.15, 0.2) is 5.96 Å². The number of hydrogen-bond acceptors (Lipinski definition) is 5. The Morgan fingerprint density at radius 1 is 1.39 bits per heavy atom. The first kappa shape index (κ1) is 23.1. The number of hydrogen-bond donors (Lipinski definition) is 2. The van der Waals surface area contributed by atoms with Crippen LogP contribution in [0.5, 0.6) is 0 Å². The van der Waals surface area contributed by atoms with Crippen molar-refractivity contribution in [1.82, 2.24) is 15.5 Å². The lowest BCUT2D eigenvalue weighted by molar-refractivity contribution is 0.0994. The minimum atomic E-state index is -0.380. The Kier molecular flexibility index (Phi) is 7.54. The highest BCUT2D eigenvalue weighted by Gasteiger charge is 2.38. The predicted octanol–water partition coefficient (Wildman–Crippen LogP) is 4.41. The van der Waals surface area contributed by atoms with Crippen LogP contribution in [-0.2, 0) is 10.2 Å². The van der Waals surface area contributed by atoms with E-state index >= 15 is 0 Å². The van der Waals surface area contributed by atoms with Crippen molar-refractivity contribution in [3.05, 3.63) is 70.1 Å². The maximum atomic E-state index is 13.5. The predicted molar refractivity (Wildman–Crippen MR) is 125 cm³/mol. The number of nitrogens with one attached hydrogen (secondary N) is 2. The fraction of sp³-hybridized carbons (Fsp3) is 0.391. The Morgan fingerprint density at radius 2 is 2.06 bits per heavy atom. The van der Waals surface area contributed by atoms with E-state index in [1.54, 1.807) is 4.90 Å². The first-order chi connectivity index (χ1) is 14.9. The second-order valence-corrected chi connectivity index (χ2v) is 8.69. The van der Waals surface area contributed by atoms with Crippen molar-refractivity contribution in [3.63, 3.8) is 0 Å². The van der Waals surface area contributed by atoms with Crippen LogP contribution in [0.4, 0.5) is 9.18 Å². The van der Waals surface area contributed by atoms with Crippen LogP contribution in [-0.4, -0.2) is 50.2 Å². The number of carbonyl (C=O) groups excluding carboxylic acids is 1. The van der Waals surface area contributed by atoms with Crippen LogP contribution < -0.4 is 10.6 Å². The monoisotopic (exact) mass is 490 g/mol. The molecule has 0 bridgehead atoms. The summed E-state index contributed by atoms with van der Waals surface area (Å²) >= 11 is 3.50. The molecule has 1 aromatic carbocycles. The molecule has 0 spiro atoms. The number of carbonyl (C=O) groups is 1. The zero-order valence-corrected chi connectivity index (χ0v) is 19.5. The Morgan fingerprint density at radius 3 is 2.65 bits per heavy atom. The number of halogens is 2. The molecule has 2 heterocycles. The van der Waals surface area contributed by atoms with Crippen molar-refractivity contribution in [2.75, 3.05) is 33.3 Å². The van der Waals surface area contributed by atoms with Crippen LogP contribution in [0.3, 0.4) is 0 Å². The van der Waals surface area contributed by atoms with E-state index in [-0.39, 0.29) is 17.3 Å². The molecule has 2 aliphatic heterocycles. The Hall–Kier alpha value is -2.61. The van der Waals surface area contributed by atoms with Crippen LogP contribution in [0.25, 0.3) is 0 Å². The summed E-state index contributed by atoms with van der Waals surface area (Å²) in [6.07, 6.45) is 3.94. The normalized spacial score (nSPS) is 18.8. The van der Waals surface area contributed by atoms with Gasteiger partial charge in [0, 0.05) is 35.2 Å². The van der Waals surface area contributed by atoms with Crippen molar-refractivity contribution in [2.24, 2.45) is 4.99 Å². The Labute approximate surface area is 191 Å². The number of methoxy groups -OCH3 is 1. The maximum absolute atomic E-state index is 13.5. The van der Waals surface area contributed by atoms with E-state index in [9.17, 15) is 9.18 Å². The molecule has 0 saturated carbocycles. The number of likely N-dealkylation sites (tertiary alicyclic amines) is 1. The third-order valence-corrected chi connectivity index (χ3v) is 6.44. The van der Waals surface area contributed by atoms with Gasteiger partial charge in [0.05, 0.1) is 13.7 Å². The number of piperidine rings is 1. The molecule has 31 heavy (non-hydrogen) atoms. The smallest absolute Gasteiger partial charge is 0.409 e. The second kappa shape index (κ2) is 10.1. The van der Waals surface area contributed by atoms with Crippen molar-refractivity contribution in [3.8, 4) is 0 Å². The highest BCUT2D eigenvalue weighted by Crippen LogP contribution is 2.36. The lowest BCUT2D eigenvalue weighted by Crippen LogP contribution is -2.52. The van der Waals surface area contributed by atoms with E-state index in [0.717, 1.165) is 28.6 Å². The molecule has 0 radical (unpaired) electrons. The van der Waals surface area contributed by atoms with Crippen LogP contribution in [0.15, 0.2) is 69.6 Å². The molecule has 6 nitrogen and oxygen atoms in total. The maximum Gasteiger partial charge on any atom is 0.409 e. The molecule has 1 fully saturated rings. The molecule has 1 aromatic rings. The lowest BCUT2D eigenvalue weighted by Gasteiger charge is -2.42. The lowest BCUT2D eigenvalue weighted by atomic mass is 9.72. The molecular weight excluding hydrogens is 463 g/mol. The molecule has 0 unspecified atom stereocenters. The quantitative estimate of drug-likeness (QED) is 0.599. The molecule has 2 aliphatic rings. The molecule has 3 rings (SSSR count). The number of amides is 1. The van der Waals surface area contributed by atoms with Crippen LogP contribution in [0.2, 0.25) is 0 Å². The summed E-state index contributed by atoms with van der Waals surface area (Å²) in [6, 6.07) is 8.34. The van der Waals surface area contributed by atoms with Crippen LogP contribution >= 0.6 is 15.9 Å². The molecule has 8 heteroatoms. The average molecular weight is 491 g/mol. The van der Waals surface area contributed by atoms with E-state index in [1.807, 2.05) is 19.1 Å². The number of nitrogens with zero attached hydrogens (tertiary/aromatic N) is 2. The average Bonchev–Trinajstić information content (AvgIpc) is 2.79. The van der Waals surface area contributed by atoms with E-state index in [0.29, 0.717) is 32.1 Å². The van der Waals surface area contributed by atoms with Gasteiger partial charge in [-0.2, -0.15) is 0 Å². The number of aliphatic imine (C=N–C) groups is 1. The number of rotatable bonds is 5. The van der Waals surface area contributed by atoms with Crippen molar-refractivity contribution in [2.45, 2.75) is 25.2 Å². The first-order valence-electron chi connectivity index (χ1n) is 10.2. The number of benzene rings is 1. The van der Waals surface area contributed by atoms with Gasteiger partial charge in [-0.05, 0) is 55.2 Å². The van der Waals surface area contributed by atoms with Gasteiger partial charge in [0.1, 0.15) is 5.83 Å².